The SMILES string of the molecule is CC(C)NCC(O)COC1=CC(SCC(NC(=O)CCC(N)C(=O)O)C(=O)NCC(=O)O)C(O)(CC(N)=O)C=C1. The number of thioether (sulfide) groups is 1. The third kappa shape index (κ3) is 13.3. The Morgan fingerprint density at radius 3 is 2.45 bits per heavy atom. The van der Waals surface area contributed by atoms with Crippen LogP contribution in [0.1, 0.15) is 33.1 Å². The van der Waals surface area contributed by atoms with E-state index in [2.05, 4.69) is 16.0 Å². The number of carbonyl (C=O) groups is 5. The fourth-order valence-electron chi connectivity index (χ4n) is 3.37. The number of hydrogen-bond acceptors (Lipinski definition) is 11. The van der Waals surface area contributed by atoms with Crippen LogP contribution in [0.25, 0.3) is 0 Å². The van der Waals surface area contributed by atoms with Crippen molar-refractivity contribution in [2.24, 2.45) is 11.5 Å². The number of rotatable bonds is 19. The number of allylic oxidation sites excluding steroid dienone is 1. The Kier molecular flexibility index (Phi) is 14.6. The molecule has 0 spiro atoms. The van der Waals surface area contributed by atoms with Crippen LogP contribution in [-0.2, 0) is 28.7 Å². The van der Waals surface area contributed by atoms with Gasteiger partial charge in [-0.05, 0) is 24.6 Å². The molecule has 0 heterocycles. The molecular weight excluding hydrogens is 550 g/mol. The van der Waals surface area contributed by atoms with Crippen molar-refractivity contribution in [2.75, 3.05) is 25.4 Å². The first kappa shape index (κ1) is 34.8. The lowest BCUT2D eigenvalue weighted by Gasteiger charge is -2.34. The maximum Gasteiger partial charge on any atom is 0.322 e. The fraction of sp³-hybridized carbons (Fsp3) is 0.625. The molecule has 0 aliphatic heterocycles. The summed E-state index contributed by atoms with van der Waals surface area (Å²) in [4.78, 5) is 58.5. The van der Waals surface area contributed by atoms with Crippen molar-refractivity contribution in [3.8, 4) is 0 Å². The second-order valence-corrected chi connectivity index (χ2v) is 10.7. The standard InChI is InChI=1S/C24H39N5O10S/c1-13(2)27-9-14(30)11-39-15-5-6-24(38,8-19(26)31)18(7-15)40-12-17(22(35)28-10-21(33)34)29-20(32)4-3-16(25)23(36)37/h5-7,13-14,16-18,27,30,38H,3-4,8-12,25H2,1-2H3,(H2,26,31)(H,28,35)(H,29,32)(H,33,34)(H,36,37). The van der Waals surface area contributed by atoms with E-state index in [4.69, 9.17) is 26.4 Å². The van der Waals surface area contributed by atoms with E-state index in [1.165, 1.54) is 18.2 Å². The van der Waals surface area contributed by atoms with Gasteiger partial charge >= 0.3 is 11.9 Å². The van der Waals surface area contributed by atoms with E-state index >= 15 is 0 Å². The van der Waals surface area contributed by atoms with Gasteiger partial charge in [-0.3, -0.25) is 24.0 Å². The molecule has 226 valence electrons. The van der Waals surface area contributed by atoms with Gasteiger partial charge in [0.2, 0.25) is 17.7 Å². The topological polar surface area (TPSA) is 264 Å². The summed E-state index contributed by atoms with van der Waals surface area (Å²) >= 11 is 0.958. The van der Waals surface area contributed by atoms with Crippen LogP contribution >= 0.6 is 11.8 Å². The molecule has 0 radical (unpaired) electrons. The van der Waals surface area contributed by atoms with E-state index in [0.29, 0.717) is 0 Å². The number of aliphatic hydroxyl groups excluding tert-OH is 1. The molecule has 40 heavy (non-hydrogen) atoms. The smallest absolute Gasteiger partial charge is 0.322 e. The fourth-order valence-corrected chi connectivity index (χ4v) is 4.68. The van der Waals surface area contributed by atoms with E-state index in [1.54, 1.807) is 0 Å². The van der Waals surface area contributed by atoms with Crippen LogP contribution in [0.4, 0.5) is 0 Å². The first-order valence-electron chi connectivity index (χ1n) is 12.5. The highest BCUT2D eigenvalue weighted by Crippen LogP contribution is 2.34. The van der Waals surface area contributed by atoms with Crippen LogP contribution in [0.3, 0.4) is 0 Å². The molecule has 1 rings (SSSR count). The van der Waals surface area contributed by atoms with E-state index in [9.17, 15) is 34.2 Å². The zero-order chi connectivity index (χ0) is 30.5. The first-order chi connectivity index (χ1) is 18.6. The number of hydrogen-bond donors (Lipinski definition) is 9. The number of nitrogens with one attached hydrogen (secondary N) is 3. The Bertz CT molecular complexity index is 976. The van der Waals surface area contributed by atoms with Gasteiger partial charge in [0.15, 0.2) is 0 Å². The zero-order valence-electron chi connectivity index (χ0n) is 22.4. The highest BCUT2D eigenvalue weighted by molar-refractivity contribution is 8.00. The van der Waals surface area contributed by atoms with Gasteiger partial charge in [-0.2, -0.15) is 0 Å². The number of amides is 3. The van der Waals surface area contributed by atoms with Gasteiger partial charge in [0.1, 0.15) is 42.7 Å². The number of nitrogens with two attached hydrogens (primary N) is 2. The lowest BCUT2D eigenvalue weighted by atomic mass is 9.90. The minimum absolute atomic E-state index is 0.0731. The second-order valence-electron chi connectivity index (χ2n) is 9.53. The van der Waals surface area contributed by atoms with Gasteiger partial charge in [-0.25, -0.2) is 0 Å². The molecule has 0 aromatic heterocycles. The quantitative estimate of drug-likeness (QED) is 0.0749. The van der Waals surface area contributed by atoms with Gasteiger partial charge < -0.3 is 52.6 Å². The van der Waals surface area contributed by atoms with Gasteiger partial charge in [-0.15, -0.1) is 11.8 Å². The van der Waals surface area contributed by atoms with Crippen molar-refractivity contribution in [1.82, 2.24) is 16.0 Å². The summed E-state index contributed by atoms with van der Waals surface area (Å²) in [6, 6.07) is -2.42. The van der Waals surface area contributed by atoms with E-state index in [1.807, 2.05) is 13.8 Å². The molecule has 11 N–H and O–H groups in total. The average Bonchev–Trinajstić information content (AvgIpc) is 2.86. The molecule has 1 aliphatic carbocycles. The summed E-state index contributed by atoms with van der Waals surface area (Å²) in [6.07, 6.45) is 2.40. The summed E-state index contributed by atoms with van der Waals surface area (Å²) in [7, 11) is 0. The van der Waals surface area contributed by atoms with Crippen LogP contribution in [0.5, 0.6) is 0 Å². The summed E-state index contributed by atoms with van der Waals surface area (Å²) in [5.74, 6) is -4.87. The van der Waals surface area contributed by atoms with Crippen molar-refractivity contribution in [3.05, 3.63) is 24.0 Å². The number of aliphatic carboxylic acids is 2. The van der Waals surface area contributed by atoms with Crippen LogP contribution in [0, 0.1) is 0 Å². The molecule has 5 atom stereocenters. The number of carboxylic acid groups (broad SMARTS) is 2. The summed E-state index contributed by atoms with van der Waals surface area (Å²) in [5, 5.41) is 45.8. The minimum Gasteiger partial charge on any atom is -0.491 e. The third-order valence-corrected chi connectivity index (χ3v) is 6.94. The molecule has 0 aromatic carbocycles. The number of primary amides is 1. The Hall–Kier alpha value is -3.18. The van der Waals surface area contributed by atoms with Crippen LogP contribution in [0.2, 0.25) is 0 Å². The van der Waals surface area contributed by atoms with Crippen molar-refractivity contribution >= 4 is 41.4 Å². The molecule has 3 amide bonds. The molecule has 0 saturated carbocycles. The van der Waals surface area contributed by atoms with Gasteiger partial charge in [0.25, 0.3) is 0 Å². The lowest BCUT2D eigenvalue weighted by molar-refractivity contribution is -0.139. The maximum atomic E-state index is 12.6. The highest BCUT2D eigenvalue weighted by Gasteiger charge is 2.39. The van der Waals surface area contributed by atoms with Crippen LogP contribution < -0.4 is 27.4 Å². The molecule has 15 nitrogen and oxygen atoms in total. The Morgan fingerprint density at radius 2 is 1.88 bits per heavy atom. The number of carboxylic acids is 2. The predicted octanol–water partition coefficient (Wildman–Crippen LogP) is -2.60. The normalized spacial score (nSPS) is 20.6. The zero-order valence-corrected chi connectivity index (χ0v) is 23.2. The van der Waals surface area contributed by atoms with Crippen LogP contribution in [0.15, 0.2) is 24.0 Å². The summed E-state index contributed by atoms with van der Waals surface area (Å²) in [5.41, 5.74) is 8.95. The molecule has 0 saturated heterocycles. The number of ether oxygens (including phenoxy) is 1. The largest absolute Gasteiger partial charge is 0.491 e. The highest BCUT2D eigenvalue weighted by atomic mass is 32.2. The molecule has 5 unspecified atom stereocenters. The molecule has 0 fully saturated rings. The molecule has 1 aliphatic rings. The molecule has 16 heteroatoms. The monoisotopic (exact) mass is 589 g/mol. The number of carbonyl (C=O) groups excluding carboxylic acids is 3. The summed E-state index contributed by atoms with van der Waals surface area (Å²) in [6.45, 7) is 3.33. The Balaban J connectivity index is 3.02. The van der Waals surface area contributed by atoms with E-state index in [-0.39, 0.29) is 43.5 Å². The van der Waals surface area contributed by atoms with Gasteiger partial charge in [0, 0.05) is 24.8 Å². The molecule has 0 aromatic rings. The third-order valence-electron chi connectivity index (χ3n) is 5.51. The Morgan fingerprint density at radius 1 is 1.20 bits per heavy atom. The minimum atomic E-state index is -1.78. The Labute approximate surface area is 235 Å². The van der Waals surface area contributed by atoms with Gasteiger partial charge in [-0.1, -0.05) is 13.8 Å². The second kappa shape index (κ2) is 16.8. The van der Waals surface area contributed by atoms with Crippen molar-refractivity contribution in [2.45, 2.75) is 68.2 Å². The lowest BCUT2D eigenvalue weighted by Crippen LogP contribution is -2.50. The van der Waals surface area contributed by atoms with Crippen molar-refractivity contribution in [3.63, 3.8) is 0 Å². The first-order valence-corrected chi connectivity index (χ1v) is 13.5. The maximum absolute atomic E-state index is 12.6. The van der Waals surface area contributed by atoms with Gasteiger partial charge in [0.05, 0.1) is 11.7 Å². The molecule has 0 bridgehead atoms. The average molecular weight is 590 g/mol. The molecular formula is C24H39N5O10S. The van der Waals surface area contributed by atoms with E-state index in [0.717, 1.165) is 11.8 Å². The predicted molar refractivity (Wildman–Crippen MR) is 145 cm³/mol. The summed E-state index contributed by atoms with van der Waals surface area (Å²) < 4.78 is 5.63. The van der Waals surface area contributed by atoms with E-state index < -0.39 is 71.7 Å². The van der Waals surface area contributed by atoms with Crippen molar-refractivity contribution in [1.29, 1.82) is 0 Å². The van der Waals surface area contributed by atoms with Crippen LogP contribution in [-0.4, -0.2) is 111 Å². The number of aliphatic hydroxyl groups is 2. The van der Waals surface area contributed by atoms with Crippen molar-refractivity contribution < 1.29 is 49.1 Å².